The molecule has 1 aliphatic heterocycles. The zero-order chi connectivity index (χ0) is 30.4. The number of halogens is 3. The smallest absolute Gasteiger partial charge is 0.179 e. The Labute approximate surface area is 248 Å². The van der Waals surface area contributed by atoms with Gasteiger partial charge < -0.3 is 24.4 Å². The van der Waals surface area contributed by atoms with Crippen molar-refractivity contribution in [3.63, 3.8) is 0 Å². The number of imidazole rings is 1. The molecule has 11 heteroatoms. The monoisotopic (exact) mass is 606 g/mol. The number of nitrogens with one attached hydrogen (secondary N) is 2. The number of carbonyl (C=O) groups excluding carboxylic acids is 1. The van der Waals surface area contributed by atoms with Crippen molar-refractivity contribution in [3.05, 3.63) is 94.8 Å². The maximum Gasteiger partial charge on any atom is 0.179 e. The molecular weight excluding hydrogens is 577 g/mol. The SMILES string of the molecule is Cc1c(-c2cc(Oc3c(F)cc4[nH]ccc4c3S(C)=O)ccc2F)nc2n1CCNC2c1cccc(CC(C)C=O)c1F. The number of fused-ring (bicyclic) bond motifs is 2. The topological polar surface area (TPSA) is 89.0 Å². The molecule has 0 saturated carbocycles. The summed E-state index contributed by atoms with van der Waals surface area (Å²) in [5, 5.41) is 3.89. The van der Waals surface area contributed by atoms with Crippen LogP contribution in [0.1, 0.15) is 35.6 Å². The zero-order valence-corrected chi connectivity index (χ0v) is 24.5. The highest BCUT2D eigenvalue weighted by Crippen LogP contribution is 2.39. The lowest BCUT2D eigenvalue weighted by Gasteiger charge is -2.27. The van der Waals surface area contributed by atoms with Gasteiger partial charge in [-0.3, -0.25) is 4.21 Å². The number of hydrogen-bond acceptors (Lipinski definition) is 5. The van der Waals surface area contributed by atoms with E-state index in [9.17, 15) is 9.00 Å². The fourth-order valence-corrected chi connectivity index (χ4v) is 6.61. The van der Waals surface area contributed by atoms with Gasteiger partial charge in [-0.25, -0.2) is 18.2 Å². The van der Waals surface area contributed by atoms with Crippen LogP contribution in [0.4, 0.5) is 13.2 Å². The molecule has 0 fully saturated rings. The summed E-state index contributed by atoms with van der Waals surface area (Å²) >= 11 is 0. The largest absolute Gasteiger partial charge is 0.453 e. The van der Waals surface area contributed by atoms with Crippen LogP contribution in [0.5, 0.6) is 11.5 Å². The molecule has 5 aromatic rings. The third-order valence-corrected chi connectivity index (χ3v) is 8.78. The second-order valence-electron chi connectivity index (χ2n) is 10.7. The van der Waals surface area contributed by atoms with E-state index in [1.54, 1.807) is 37.4 Å². The number of nitrogens with zero attached hydrogens (tertiary/aromatic N) is 2. The second kappa shape index (κ2) is 11.5. The molecule has 43 heavy (non-hydrogen) atoms. The molecule has 2 aromatic heterocycles. The Balaban J connectivity index is 1.40. The first-order valence-corrected chi connectivity index (χ1v) is 15.4. The van der Waals surface area contributed by atoms with Crippen LogP contribution in [0, 0.1) is 30.3 Å². The molecular formula is C32H29F3N4O3S. The van der Waals surface area contributed by atoms with E-state index in [-0.39, 0.29) is 34.3 Å². The van der Waals surface area contributed by atoms with Crippen molar-refractivity contribution < 1.29 is 26.9 Å². The molecule has 3 aromatic carbocycles. The van der Waals surface area contributed by atoms with Gasteiger partial charge in [0.1, 0.15) is 29.5 Å². The first-order valence-electron chi connectivity index (χ1n) is 13.8. The minimum absolute atomic E-state index is 0.131. The van der Waals surface area contributed by atoms with E-state index in [1.165, 1.54) is 30.5 Å². The Morgan fingerprint density at radius 2 is 1.98 bits per heavy atom. The fraction of sp³-hybridized carbons (Fsp3) is 0.250. The van der Waals surface area contributed by atoms with Crippen molar-refractivity contribution in [1.82, 2.24) is 19.9 Å². The van der Waals surface area contributed by atoms with E-state index in [2.05, 4.69) is 10.3 Å². The van der Waals surface area contributed by atoms with E-state index in [4.69, 9.17) is 9.72 Å². The Morgan fingerprint density at radius 3 is 2.74 bits per heavy atom. The number of aldehydes is 1. The quantitative estimate of drug-likeness (QED) is 0.201. The van der Waals surface area contributed by atoms with E-state index in [0.29, 0.717) is 52.3 Å². The number of ether oxygens (including phenoxy) is 1. The molecule has 6 rings (SSSR count). The number of carbonyl (C=O) groups is 1. The fourth-order valence-electron chi connectivity index (χ4n) is 5.72. The van der Waals surface area contributed by atoms with Crippen LogP contribution in [0.3, 0.4) is 0 Å². The molecule has 3 unspecified atom stereocenters. The van der Waals surface area contributed by atoms with Gasteiger partial charge in [-0.1, -0.05) is 25.1 Å². The van der Waals surface area contributed by atoms with Gasteiger partial charge in [-0.05, 0) is 43.2 Å². The molecule has 0 amide bonds. The predicted molar refractivity (Wildman–Crippen MR) is 158 cm³/mol. The lowest BCUT2D eigenvalue weighted by atomic mass is 9.96. The summed E-state index contributed by atoms with van der Waals surface area (Å²) in [6.07, 6.45) is 4.14. The third kappa shape index (κ3) is 5.16. The molecule has 0 aliphatic carbocycles. The number of aromatic nitrogens is 3. The number of H-pyrrole nitrogens is 1. The summed E-state index contributed by atoms with van der Waals surface area (Å²) in [7, 11) is -1.58. The highest BCUT2D eigenvalue weighted by molar-refractivity contribution is 7.84. The number of benzene rings is 3. The molecule has 0 bridgehead atoms. The molecule has 0 spiro atoms. The van der Waals surface area contributed by atoms with Crippen LogP contribution in [0.2, 0.25) is 0 Å². The highest BCUT2D eigenvalue weighted by atomic mass is 32.2. The van der Waals surface area contributed by atoms with Crippen LogP contribution in [0.15, 0.2) is 59.6 Å². The maximum absolute atomic E-state index is 15.7. The number of aromatic amines is 1. The molecule has 0 radical (unpaired) electrons. The van der Waals surface area contributed by atoms with E-state index >= 15 is 13.2 Å². The lowest BCUT2D eigenvalue weighted by Crippen LogP contribution is -2.35. The van der Waals surface area contributed by atoms with Crippen molar-refractivity contribution in [2.75, 3.05) is 12.8 Å². The van der Waals surface area contributed by atoms with Gasteiger partial charge in [0.2, 0.25) is 0 Å². The lowest BCUT2D eigenvalue weighted by molar-refractivity contribution is -0.110. The summed E-state index contributed by atoms with van der Waals surface area (Å²) in [5.74, 6) is -1.54. The van der Waals surface area contributed by atoms with Gasteiger partial charge in [0.15, 0.2) is 11.6 Å². The summed E-state index contributed by atoms with van der Waals surface area (Å²) in [5.41, 5.74) is 2.47. The second-order valence-corrected chi connectivity index (χ2v) is 12.1. The van der Waals surface area contributed by atoms with Gasteiger partial charge in [-0.15, -0.1) is 0 Å². The minimum Gasteiger partial charge on any atom is -0.453 e. The molecule has 222 valence electrons. The summed E-state index contributed by atoms with van der Waals surface area (Å²) in [6, 6.07) is 11.5. The average molecular weight is 607 g/mol. The minimum atomic E-state index is -1.58. The van der Waals surface area contributed by atoms with Crippen molar-refractivity contribution in [1.29, 1.82) is 0 Å². The van der Waals surface area contributed by atoms with Crippen LogP contribution in [-0.2, 0) is 28.6 Å². The maximum atomic E-state index is 15.7. The zero-order valence-electron chi connectivity index (χ0n) is 23.7. The molecule has 3 atom stereocenters. The normalized spacial score (nSPS) is 16.2. The van der Waals surface area contributed by atoms with Crippen LogP contribution in [0.25, 0.3) is 22.2 Å². The standard InChI is InChI=1S/C32H29F3N4O3S/c1-17(16-40)13-19-5-4-6-22(27(19)35)29-32-38-28(18(2)39(32)12-11-37-29)23-14-20(7-8-24(23)33)42-30-25(34)15-26-21(9-10-36-26)31(30)43(3)41/h4-10,14-17,29,36-37H,11-13H2,1-3H3. The molecule has 2 N–H and O–H groups in total. The predicted octanol–water partition coefficient (Wildman–Crippen LogP) is 6.36. The van der Waals surface area contributed by atoms with Gasteiger partial charge in [0.25, 0.3) is 0 Å². The summed E-state index contributed by atoms with van der Waals surface area (Å²) in [6.45, 7) is 4.63. The van der Waals surface area contributed by atoms with E-state index in [0.717, 1.165) is 6.29 Å². The van der Waals surface area contributed by atoms with Gasteiger partial charge >= 0.3 is 0 Å². The van der Waals surface area contributed by atoms with Crippen molar-refractivity contribution in [2.45, 2.75) is 37.8 Å². The van der Waals surface area contributed by atoms with E-state index < -0.39 is 34.3 Å². The number of hydrogen-bond donors (Lipinski definition) is 2. The van der Waals surface area contributed by atoms with Crippen molar-refractivity contribution in [2.24, 2.45) is 5.92 Å². The van der Waals surface area contributed by atoms with Crippen molar-refractivity contribution in [3.8, 4) is 22.8 Å². The van der Waals surface area contributed by atoms with Gasteiger partial charge in [0.05, 0.1) is 27.4 Å². The van der Waals surface area contributed by atoms with Crippen LogP contribution >= 0.6 is 0 Å². The first-order chi connectivity index (χ1) is 20.7. The van der Waals surface area contributed by atoms with Crippen LogP contribution in [-0.4, -0.2) is 37.8 Å². The van der Waals surface area contributed by atoms with Crippen molar-refractivity contribution >= 4 is 28.0 Å². The number of rotatable bonds is 8. The Hall–Kier alpha value is -4.22. The highest BCUT2D eigenvalue weighted by Gasteiger charge is 2.30. The molecule has 0 saturated heterocycles. The molecule has 7 nitrogen and oxygen atoms in total. The van der Waals surface area contributed by atoms with Gasteiger partial charge in [0, 0.05) is 65.3 Å². The Bertz CT molecular complexity index is 1900. The first kappa shape index (κ1) is 28.9. The van der Waals surface area contributed by atoms with Gasteiger partial charge in [-0.2, -0.15) is 0 Å². The summed E-state index contributed by atoms with van der Waals surface area (Å²) < 4.78 is 66.7. The average Bonchev–Trinajstić information content (AvgIpc) is 3.59. The summed E-state index contributed by atoms with van der Waals surface area (Å²) in [4.78, 5) is 19.1. The molecule has 3 heterocycles. The third-order valence-electron chi connectivity index (χ3n) is 7.80. The van der Waals surface area contributed by atoms with Crippen LogP contribution < -0.4 is 10.1 Å². The van der Waals surface area contributed by atoms with E-state index in [1.807, 2.05) is 11.5 Å². The molecule has 1 aliphatic rings. The Kier molecular flexibility index (Phi) is 7.70. The Morgan fingerprint density at radius 1 is 1.16 bits per heavy atom.